The number of aromatic nitrogens is 2. The average molecular weight is 258 g/mol. The van der Waals surface area contributed by atoms with Crippen LogP contribution in [0.4, 0.5) is 0 Å². The number of carbonyl (C=O) groups is 1. The van der Waals surface area contributed by atoms with Gasteiger partial charge in [0.15, 0.2) is 11.6 Å². The molecule has 1 aromatic heterocycles. The van der Waals surface area contributed by atoms with E-state index in [1.165, 1.54) is 5.56 Å². The van der Waals surface area contributed by atoms with E-state index in [0.717, 1.165) is 5.56 Å². The van der Waals surface area contributed by atoms with Crippen LogP contribution in [0.3, 0.4) is 0 Å². The summed E-state index contributed by atoms with van der Waals surface area (Å²) in [6, 6.07) is 7.90. The smallest absolute Gasteiger partial charge is 0.306 e. The quantitative estimate of drug-likeness (QED) is 0.890. The second-order valence-corrected chi connectivity index (χ2v) is 4.10. The number of benzene rings is 1. The molecule has 2 rings (SSSR count). The lowest BCUT2D eigenvalue weighted by atomic mass is 10.1. The van der Waals surface area contributed by atoms with Crippen LogP contribution in [0, 0.1) is 6.92 Å². The van der Waals surface area contributed by atoms with Gasteiger partial charge in [0, 0.05) is 5.56 Å². The van der Waals surface area contributed by atoms with Crippen molar-refractivity contribution in [2.75, 3.05) is 6.61 Å². The number of hydrogen-bond acceptors (Lipinski definition) is 4. The first kappa shape index (κ1) is 13.0. The zero-order chi connectivity index (χ0) is 13.7. The molecule has 0 bridgehead atoms. The molecule has 0 unspecified atom stereocenters. The highest BCUT2D eigenvalue weighted by molar-refractivity contribution is 5.66. The molecule has 0 radical (unpaired) electrons. The van der Waals surface area contributed by atoms with Crippen molar-refractivity contribution in [3.8, 4) is 17.1 Å². The van der Waals surface area contributed by atoms with Crippen molar-refractivity contribution in [1.82, 2.24) is 9.97 Å². The van der Waals surface area contributed by atoms with Gasteiger partial charge < -0.3 is 9.84 Å². The van der Waals surface area contributed by atoms with Gasteiger partial charge in [-0.05, 0) is 6.92 Å². The van der Waals surface area contributed by atoms with E-state index in [0.29, 0.717) is 11.6 Å². The van der Waals surface area contributed by atoms with E-state index in [2.05, 4.69) is 9.97 Å². The summed E-state index contributed by atoms with van der Waals surface area (Å²) in [6.07, 6.45) is 3.05. The third kappa shape index (κ3) is 3.77. The number of nitrogens with zero attached hydrogens (tertiary/aromatic N) is 2. The Hall–Kier alpha value is -2.43. The number of hydrogen-bond donors (Lipinski definition) is 1. The molecule has 0 saturated carbocycles. The number of aryl methyl sites for hydroxylation is 1. The molecule has 2 aromatic rings. The molecule has 0 atom stereocenters. The predicted molar refractivity (Wildman–Crippen MR) is 70.0 cm³/mol. The first-order valence-corrected chi connectivity index (χ1v) is 5.89. The Balaban J connectivity index is 2.02. The molecule has 1 N–H and O–H groups in total. The largest absolute Gasteiger partial charge is 0.490 e. The molecule has 0 saturated heterocycles. The van der Waals surface area contributed by atoms with E-state index in [1.54, 1.807) is 12.4 Å². The lowest BCUT2D eigenvalue weighted by Gasteiger charge is -2.05. The highest BCUT2D eigenvalue weighted by Crippen LogP contribution is 2.17. The van der Waals surface area contributed by atoms with E-state index in [4.69, 9.17) is 9.84 Å². The van der Waals surface area contributed by atoms with E-state index in [-0.39, 0.29) is 13.0 Å². The Kier molecular flexibility index (Phi) is 4.07. The Bertz CT molecular complexity index is 550. The zero-order valence-corrected chi connectivity index (χ0v) is 10.5. The molecule has 98 valence electrons. The molecule has 0 fully saturated rings. The van der Waals surface area contributed by atoms with Crippen LogP contribution in [0.2, 0.25) is 0 Å². The second-order valence-electron chi connectivity index (χ2n) is 4.10. The molecule has 5 heteroatoms. The van der Waals surface area contributed by atoms with Gasteiger partial charge in [-0.3, -0.25) is 4.79 Å². The van der Waals surface area contributed by atoms with Crippen LogP contribution in [0.25, 0.3) is 11.4 Å². The van der Waals surface area contributed by atoms with Crippen molar-refractivity contribution in [2.45, 2.75) is 13.3 Å². The van der Waals surface area contributed by atoms with E-state index in [9.17, 15) is 4.79 Å². The van der Waals surface area contributed by atoms with Crippen molar-refractivity contribution in [3.05, 3.63) is 42.2 Å². The van der Waals surface area contributed by atoms with Crippen molar-refractivity contribution in [3.63, 3.8) is 0 Å². The van der Waals surface area contributed by atoms with Crippen molar-refractivity contribution < 1.29 is 14.6 Å². The Morgan fingerprint density at radius 1 is 1.21 bits per heavy atom. The van der Waals surface area contributed by atoms with Gasteiger partial charge in [-0.15, -0.1) is 0 Å². The fourth-order valence-corrected chi connectivity index (χ4v) is 1.50. The molecule has 5 nitrogen and oxygen atoms in total. The summed E-state index contributed by atoms with van der Waals surface area (Å²) in [7, 11) is 0. The first-order valence-electron chi connectivity index (χ1n) is 5.89. The summed E-state index contributed by atoms with van der Waals surface area (Å²) < 4.78 is 5.22. The molecule has 0 aliphatic heterocycles. The summed E-state index contributed by atoms with van der Waals surface area (Å²) in [5.41, 5.74) is 2.11. The lowest BCUT2D eigenvalue weighted by Crippen LogP contribution is -2.05. The molecular weight excluding hydrogens is 244 g/mol. The third-order valence-electron chi connectivity index (χ3n) is 2.52. The molecule has 0 spiro atoms. The molecule has 0 aliphatic carbocycles. The van der Waals surface area contributed by atoms with Gasteiger partial charge in [0.25, 0.3) is 0 Å². The van der Waals surface area contributed by atoms with Gasteiger partial charge in [-0.2, -0.15) is 0 Å². The number of aliphatic carboxylic acids is 1. The van der Waals surface area contributed by atoms with Crippen LogP contribution in [0.1, 0.15) is 12.0 Å². The van der Waals surface area contributed by atoms with Crippen LogP contribution in [0.15, 0.2) is 36.7 Å². The van der Waals surface area contributed by atoms with Crippen LogP contribution < -0.4 is 4.74 Å². The summed E-state index contributed by atoms with van der Waals surface area (Å²) in [5.74, 6) is 0.194. The van der Waals surface area contributed by atoms with Gasteiger partial charge in [0.1, 0.15) is 0 Å². The molecule has 1 heterocycles. The van der Waals surface area contributed by atoms with Crippen molar-refractivity contribution >= 4 is 5.97 Å². The topological polar surface area (TPSA) is 72.3 Å². The standard InChI is InChI=1S/C14H14N2O3/c1-10-2-4-11(5-3-10)14-15-8-12(9-16-14)19-7-6-13(17)18/h2-5,8-9H,6-7H2,1H3,(H,17,18). The summed E-state index contributed by atoms with van der Waals surface area (Å²) in [5, 5.41) is 8.50. The fraction of sp³-hybridized carbons (Fsp3) is 0.214. The molecule has 0 amide bonds. The van der Waals surface area contributed by atoms with Gasteiger partial charge >= 0.3 is 5.97 Å². The monoisotopic (exact) mass is 258 g/mol. The van der Waals surface area contributed by atoms with Gasteiger partial charge in [-0.25, -0.2) is 9.97 Å². The van der Waals surface area contributed by atoms with Crippen molar-refractivity contribution in [1.29, 1.82) is 0 Å². The van der Waals surface area contributed by atoms with E-state index < -0.39 is 5.97 Å². The second kappa shape index (κ2) is 5.95. The fourth-order valence-electron chi connectivity index (χ4n) is 1.50. The molecule has 19 heavy (non-hydrogen) atoms. The SMILES string of the molecule is Cc1ccc(-c2ncc(OCCC(=O)O)cn2)cc1. The van der Waals surface area contributed by atoms with E-state index >= 15 is 0 Å². The number of carboxylic acid groups (broad SMARTS) is 1. The van der Waals surface area contributed by atoms with Crippen LogP contribution >= 0.6 is 0 Å². The molecule has 0 aliphatic rings. The molecule has 1 aromatic carbocycles. The summed E-state index contributed by atoms with van der Waals surface area (Å²) >= 11 is 0. The van der Waals surface area contributed by atoms with Crippen molar-refractivity contribution in [2.24, 2.45) is 0 Å². The lowest BCUT2D eigenvalue weighted by molar-refractivity contribution is -0.137. The van der Waals surface area contributed by atoms with Crippen LogP contribution in [-0.2, 0) is 4.79 Å². The van der Waals surface area contributed by atoms with Crippen LogP contribution in [-0.4, -0.2) is 27.7 Å². The third-order valence-corrected chi connectivity index (χ3v) is 2.52. The Labute approximate surface area is 110 Å². The van der Waals surface area contributed by atoms with Gasteiger partial charge in [0.2, 0.25) is 0 Å². The first-order chi connectivity index (χ1) is 9.15. The Morgan fingerprint density at radius 2 is 1.84 bits per heavy atom. The highest BCUT2D eigenvalue weighted by atomic mass is 16.5. The maximum atomic E-state index is 10.3. The molecular formula is C14H14N2O3. The van der Waals surface area contributed by atoms with Crippen LogP contribution in [0.5, 0.6) is 5.75 Å². The number of rotatable bonds is 5. The number of ether oxygens (including phenoxy) is 1. The number of carboxylic acids is 1. The summed E-state index contributed by atoms with van der Waals surface area (Å²) in [6.45, 7) is 2.13. The zero-order valence-electron chi connectivity index (χ0n) is 10.5. The Morgan fingerprint density at radius 3 is 2.42 bits per heavy atom. The highest BCUT2D eigenvalue weighted by Gasteiger charge is 2.03. The summed E-state index contributed by atoms with van der Waals surface area (Å²) in [4.78, 5) is 18.7. The maximum absolute atomic E-state index is 10.3. The average Bonchev–Trinajstić information content (AvgIpc) is 2.40. The minimum Gasteiger partial charge on any atom is -0.490 e. The minimum absolute atomic E-state index is 0.0420. The van der Waals surface area contributed by atoms with E-state index in [1.807, 2.05) is 31.2 Å². The maximum Gasteiger partial charge on any atom is 0.306 e. The van der Waals surface area contributed by atoms with Gasteiger partial charge in [-0.1, -0.05) is 29.8 Å². The predicted octanol–water partition coefficient (Wildman–Crippen LogP) is 2.31. The normalized spacial score (nSPS) is 10.2. The minimum atomic E-state index is -0.891. The van der Waals surface area contributed by atoms with Gasteiger partial charge in [0.05, 0.1) is 25.4 Å².